The molecule has 4 atom stereocenters. The molecule has 134 valence electrons. The van der Waals surface area contributed by atoms with E-state index in [0.29, 0.717) is 0 Å². The summed E-state index contributed by atoms with van der Waals surface area (Å²) in [5.74, 6) is 6.16. The molecule has 0 aliphatic heterocycles. The van der Waals surface area contributed by atoms with Crippen molar-refractivity contribution in [1.82, 2.24) is 0 Å². The molecule has 0 fully saturated rings. The zero-order chi connectivity index (χ0) is 17.3. The molecule has 0 saturated heterocycles. The van der Waals surface area contributed by atoms with Gasteiger partial charge >= 0.3 is 0 Å². The number of rotatable bonds is 12. The van der Waals surface area contributed by atoms with Crippen LogP contribution in [-0.2, 0) is 0 Å². The molecule has 4 unspecified atom stereocenters. The Balaban J connectivity index is 3.98. The lowest BCUT2D eigenvalue weighted by atomic mass is 9.81. The Morgan fingerprint density at radius 2 is 0.500 bits per heavy atom. The normalized spacial score (nSPS) is 19.2. The summed E-state index contributed by atoms with van der Waals surface area (Å²) < 4.78 is 0. The van der Waals surface area contributed by atoms with Gasteiger partial charge in [0.05, 0.1) is 0 Å². The lowest BCUT2D eigenvalue weighted by Crippen LogP contribution is -2.13. The lowest BCUT2D eigenvalue weighted by Gasteiger charge is -2.25. The molecule has 0 radical (unpaired) electrons. The maximum Gasteiger partial charge on any atom is -0.0438 e. The average Bonchev–Trinajstić information content (AvgIpc) is 2.23. The number of hydrogen-bond donors (Lipinski definition) is 0. The largest absolute Gasteiger partial charge is 0.0628 e. The summed E-state index contributed by atoms with van der Waals surface area (Å²) in [6.45, 7) is 21.7. The van der Waals surface area contributed by atoms with Crippen LogP contribution in [0.4, 0.5) is 0 Å². The van der Waals surface area contributed by atoms with Crippen molar-refractivity contribution < 1.29 is 0 Å². The fourth-order valence-corrected chi connectivity index (χ4v) is 4.84. The standard InChI is InChI=1S/C22H46/c1-16(2)10-18(5)12-20(7)14-22(9)15-21(8)13-19(6)11-17(3)4/h16-22H,10-15H2,1-9H3. The Morgan fingerprint density at radius 3 is 0.682 bits per heavy atom. The minimum Gasteiger partial charge on any atom is -0.0628 e. The third-order valence-corrected chi connectivity index (χ3v) is 4.97. The van der Waals surface area contributed by atoms with Crippen molar-refractivity contribution in [3.63, 3.8) is 0 Å². The minimum absolute atomic E-state index is 0.849. The van der Waals surface area contributed by atoms with E-state index in [1.165, 1.54) is 38.5 Å². The fourth-order valence-electron chi connectivity index (χ4n) is 4.84. The molecular formula is C22H46. The predicted molar refractivity (Wildman–Crippen MR) is 103 cm³/mol. The molecule has 0 aliphatic carbocycles. The first-order valence-electron chi connectivity index (χ1n) is 10.1. The van der Waals surface area contributed by atoms with Crippen LogP contribution in [0.2, 0.25) is 0 Å². The minimum atomic E-state index is 0.849. The van der Waals surface area contributed by atoms with E-state index >= 15 is 0 Å². The second-order valence-electron chi connectivity index (χ2n) is 9.73. The van der Waals surface area contributed by atoms with E-state index in [0.717, 1.165) is 41.4 Å². The van der Waals surface area contributed by atoms with Crippen LogP contribution in [0.1, 0.15) is 101 Å². The van der Waals surface area contributed by atoms with Gasteiger partial charge in [0.2, 0.25) is 0 Å². The average molecular weight is 311 g/mol. The second-order valence-corrected chi connectivity index (χ2v) is 9.73. The fraction of sp³-hybridized carbons (Fsp3) is 1.00. The van der Waals surface area contributed by atoms with Gasteiger partial charge in [0.1, 0.15) is 0 Å². The maximum absolute atomic E-state index is 2.48. The molecule has 0 aromatic carbocycles. The first-order valence-corrected chi connectivity index (χ1v) is 10.1. The Kier molecular flexibility index (Phi) is 11.5. The summed E-state index contributed by atoms with van der Waals surface area (Å²) >= 11 is 0. The summed E-state index contributed by atoms with van der Waals surface area (Å²) in [6.07, 6.45) is 8.46. The summed E-state index contributed by atoms with van der Waals surface area (Å²) in [5.41, 5.74) is 0. The predicted octanol–water partition coefficient (Wildman–Crippen LogP) is 7.82. The van der Waals surface area contributed by atoms with Crippen LogP contribution >= 0.6 is 0 Å². The monoisotopic (exact) mass is 310 g/mol. The first-order chi connectivity index (χ1) is 10.1. The Bertz CT molecular complexity index is 227. The summed E-state index contributed by atoms with van der Waals surface area (Å²) in [5, 5.41) is 0. The lowest BCUT2D eigenvalue weighted by molar-refractivity contribution is 0.268. The van der Waals surface area contributed by atoms with E-state index in [4.69, 9.17) is 0 Å². The van der Waals surface area contributed by atoms with E-state index in [1.54, 1.807) is 0 Å². The van der Waals surface area contributed by atoms with Crippen LogP contribution < -0.4 is 0 Å². The van der Waals surface area contributed by atoms with Crippen molar-refractivity contribution in [2.75, 3.05) is 0 Å². The highest BCUT2D eigenvalue weighted by Gasteiger charge is 2.17. The van der Waals surface area contributed by atoms with Crippen molar-refractivity contribution >= 4 is 0 Å². The zero-order valence-electron chi connectivity index (χ0n) is 17.3. The van der Waals surface area contributed by atoms with Gasteiger partial charge in [0.25, 0.3) is 0 Å². The molecule has 0 amide bonds. The van der Waals surface area contributed by atoms with Gasteiger partial charge in [-0.3, -0.25) is 0 Å². The summed E-state index contributed by atoms with van der Waals surface area (Å²) in [4.78, 5) is 0. The molecule has 0 aromatic rings. The Morgan fingerprint density at radius 1 is 0.318 bits per heavy atom. The Labute approximate surface area is 142 Å². The summed E-state index contributed by atoms with van der Waals surface area (Å²) in [6, 6.07) is 0. The highest BCUT2D eigenvalue weighted by Crippen LogP contribution is 2.29. The highest BCUT2D eigenvalue weighted by molar-refractivity contribution is 4.68. The van der Waals surface area contributed by atoms with Crippen LogP contribution in [0.3, 0.4) is 0 Å². The third-order valence-electron chi connectivity index (χ3n) is 4.97. The van der Waals surface area contributed by atoms with Gasteiger partial charge in [-0.15, -0.1) is 0 Å². The highest BCUT2D eigenvalue weighted by atomic mass is 14.2. The van der Waals surface area contributed by atoms with Gasteiger partial charge in [-0.2, -0.15) is 0 Å². The van der Waals surface area contributed by atoms with Gasteiger partial charge in [0, 0.05) is 0 Å². The Hall–Kier alpha value is 0. The zero-order valence-corrected chi connectivity index (χ0v) is 17.3. The molecule has 0 heteroatoms. The van der Waals surface area contributed by atoms with Crippen LogP contribution in [0.25, 0.3) is 0 Å². The van der Waals surface area contributed by atoms with E-state index in [-0.39, 0.29) is 0 Å². The van der Waals surface area contributed by atoms with Crippen LogP contribution in [0.15, 0.2) is 0 Å². The molecule has 22 heavy (non-hydrogen) atoms. The van der Waals surface area contributed by atoms with Gasteiger partial charge in [-0.1, -0.05) is 62.3 Å². The van der Waals surface area contributed by atoms with E-state index in [9.17, 15) is 0 Å². The van der Waals surface area contributed by atoms with E-state index in [2.05, 4.69) is 62.3 Å². The molecule has 0 nitrogen and oxygen atoms in total. The van der Waals surface area contributed by atoms with Crippen LogP contribution in [-0.4, -0.2) is 0 Å². The molecule has 0 aliphatic rings. The van der Waals surface area contributed by atoms with E-state index < -0.39 is 0 Å². The van der Waals surface area contributed by atoms with E-state index in [1.807, 2.05) is 0 Å². The second kappa shape index (κ2) is 11.5. The molecule has 0 heterocycles. The molecule has 0 rings (SSSR count). The SMILES string of the molecule is CC(C)CC(C)CC(C)CC(C)CC(C)CC(C)CC(C)C. The molecule has 0 aromatic heterocycles. The van der Waals surface area contributed by atoms with Crippen molar-refractivity contribution in [2.24, 2.45) is 41.4 Å². The molecular weight excluding hydrogens is 264 g/mol. The topological polar surface area (TPSA) is 0 Å². The smallest absolute Gasteiger partial charge is 0.0438 e. The number of hydrogen-bond acceptors (Lipinski definition) is 0. The van der Waals surface area contributed by atoms with Crippen molar-refractivity contribution in [3.05, 3.63) is 0 Å². The third kappa shape index (κ3) is 12.5. The maximum atomic E-state index is 2.48. The van der Waals surface area contributed by atoms with Crippen molar-refractivity contribution in [3.8, 4) is 0 Å². The van der Waals surface area contributed by atoms with Gasteiger partial charge < -0.3 is 0 Å². The van der Waals surface area contributed by atoms with Crippen molar-refractivity contribution in [2.45, 2.75) is 101 Å². The van der Waals surface area contributed by atoms with Gasteiger partial charge in [0.15, 0.2) is 0 Å². The van der Waals surface area contributed by atoms with Gasteiger partial charge in [-0.05, 0) is 80.0 Å². The molecule has 0 spiro atoms. The van der Waals surface area contributed by atoms with Crippen LogP contribution in [0, 0.1) is 41.4 Å². The van der Waals surface area contributed by atoms with Crippen molar-refractivity contribution in [1.29, 1.82) is 0 Å². The molecule has 0 saturated carbocycles. The summed E-state index contributed by atoms with van der Waals surface area (Å²) in [7, 11) is 0. The molecule has 0 N–H and O–H groups in total. The quantitative estimate of drug-likeness (QED) is 0.344. The molecule has 0 bridgehead atoms. The van der Waals surface area contributed by atoms with Crippen LogP contribution in [0.5, 0.6) is 0 Å². The first kappa shape index (κ1) is 22.0. The van der Waals surface area contributed by atoms with Gasteiger partial charge in [-0.25, -0.2) is 0 Å².